The standard InChI is InChI=1S/C25H25N3O2/c1-15-12-18-14-17(8-9-22(18)26-24(15)29)19(10-11-28(3)4)20-6-5-7-23-21(20)13-16(2)25(30)27-23/h5-10,12-14H,11H2,1-4H3,(H,26,29)(H,27,30)/b19-10-. The van der Waals surface area contributed by atoms with Crippen LogP contribution in [0, 0.1) is 13.8 Å². The van der Waals surface area contributed by atoms with E-state index in [0.29, 0.717) is 11.1 Å². The molecule has 0 aliphatic heterocycles. The van der Waals surface area contributed by atoms with Crippen molar-refractivity contribution in [1.82, 2.24) is 14.9 Å². The van der Waals surface area contributed by atoms with E-state index in [9.17, 15) is 9.59 Å². The Morgan fingerprint density at radius 1 is 0.900 bits per heavy atom. The summed E-state index contributed by atoms with van der Waals surface area (Å²) in [7, 11) is 4.07. The Kier molecular flexibility index (Phi) is 5.14. The van der Waals surface area contributed by atoms with Gasteiger partial charge in [-0.3, -0.25) is 9.59 Å². The van der Waals surface area contributed by atoms with Gasteiger partial charge in [0.15, 0.2) is 0 Å². The molecule has 0 aliphatic rings. The number of H-pyrrole nitrogens is 2. The summed E-state index contributed by atoms with van der Waals surface area (Å²) in [4.78, 5) is 32.1. The van der Waals surface area contributed by atoms with Gasteiger partial charge in [-0.2, -0.15) is 0 Å². The molecule has 2 N–H and O–H groups in total. The molecule has 2 aromatic heterocycles. The highest BCUT2D eigenvalue weighted by molar-refractivity contribution is 5.98. The molecule has 30 heavy (non-hydrogen) atoms. The smallest absolute Gasteiger partial charge is 0.251 e. The van der Waals surface area contributed by atoms with Crippen molar-refractivity contribution < 1.29 is 0 Å². The van der Waals surface area contributed by atoms with E-state index in [2.05, 4.69) is 33.1 Å². The molecule has 2 aromatic carbocycles. The fraction of sp³-hybridized carbons (Fsp3) is 0.200. The van der Waals surface area contributed by atoms with Crippen molar-refractivity contribution >= 4 is 27.4 Å². The Bertz CT molecular complexity index is 1410. The van der Waals surface area contributed by atoms with Crippen LogP contribution in [0.4, 0.5) is 0 Å². The Morgan fingerprint density at radius 2 is 1.60 bits per heavy atom. The number of hydrogen-bond acceptors (Lipinski definition) is 3. The van der Waals surface area contributed by atoms with Crippen molar-refractivity contribution in [2.75, 3.05) is 20.6 Å². The maximum atomic E-state index is 12.1. The summed E-state index contributed by atoms with van der Waals surface area (Å²) < 4.78 is 0. The second-order valence-corrected chi connectivity index (χ2v) is 8.01. The van der Waals surface area contributed by atoms with Crippen LogP contribution in [0.15, 0.2) is 64.2 Å². The summed E-state index contributed by atoms with van der Waals surface area (Å²) in [5, 5.41) is 2.00. The summed E-state index contributed by atoms with van der Waals surface area (Å²) in [5.41, 5.74) is 6.10. The molecule has 5 heteroatoms. The molecule has 0 radical (unpaired) electrons. The van der Waals surface area contributed by atoms with Gasteiger partial charge in [-0.1, -0.05) is 24.3 Å². The molecule has 0 atom stereocenters. The number of fused-ring (bicyclic) bond motifs is 2. The fourth-order valence-corrected chi connectivity index (χ4v) is 3.71. The molecular weight excluding hydrogens is 374 g/mol. The van der Waals surface area contributed by atoms with Gasteiger partial charge in [0.05, 0.1) is 0 Å². The van der Waals surface area contributed by atoms with E-state index in [0.717, 1.165) is 45.1 Å². The van der Waals surface area contributed by atoms with Crippen LogP contribution in [-0.4, -0.2) is 35.5 Å². The van der Waals surface area contributed by atoms with Gasteiger partial charge in [0, 0.05) is 34.1 Å². The predicted octanol–water partition coefficient (Wildman–Crippen LogP) is 3.98. The zero-order valence-corrected chi connectivity index (χ0v) is 17.7. The third-order valence-corrected chi connectivity index (χ3v) is 5.36. The van der Waals surface area contributed by atoms with E-state index in [4.69, 9.17) is 0 Å². The van der Waals surface area contributed by atoms with Crippen LogP contribution in [0.3, 0.4) is 0 Å². The van der Waals surface area contributed by atoms with Crippen LogP contribution >= 0.6 is 0 Å². The van der Waals surface area contributed by atoms with E-state index >= 15 is 0 Å². The molecular formula is C25H25N3O2. The van der Waals surface area contributed by atoms with Gasteiger partial charge in [-0.25, -0.2) is 0 Å². The Labute approximate surface area is 174 Å². The summed E-state index contributed by atoms with van der Waals surface area (Å²) in [6.07, 6.45) is 2.20. The lowest BCUT2D eigenvalue weighted by Gasteiger charge is -2.15. The second kappa shape index (κ2) is 7.76. The van der Waals surface area contributed by atoms with Crippen LogP contribution in [0.5, 0.6) is 0 Å². The van der Waals surface area contributed by atoms with Crippen molar-refractivity contribution in [2.45, 2.75) is 13.8 Å². The number of aromatic nitrogens is 2. The largest absolute Gasteiger partial charge is 0.322 e. The maximum Gasteiger partial charge on any atom is 0.251 e. The molecule has 0 amide bonds. The zero-order chi connectivity index (χ0) is 21.4. The van der Waals surface area contributed by atoms with Crippen LogP contribution in [0.1, 0.15) is 22.3 Å². The molecule has 0 spiro atoms. The van der Waals surface area contributed by atoms with Gasteiger partial charge in [0.25, 0.3) is 11.1 Å². The maximum absolute atomic E-state index is 12.1. The number of hydrogen-bond donors (Lipinski definition) is 2. The lowest BCUT2D eigenvalue weighted by molar-refractivity contribution is 0.457. The van der Waals surface area contributed by atoms with Crippen molar-refractivity contribution in [1.29, 1.82) is 0 Å². The number of aryl methyl sites for hydroxylation is 2. The SMILES string of the molecule is Cc1cc2cc(/C(=C/CN(C)C)c3cccc4[nH]c(=O)c(C)cc34)ccc2[nH]c1=O. The molecule has 0 saturated heterocycles. The quantitative estimate of drug-likeness (QED) is 0.545. The van der Waals surface area contributed by atoms with Crippen molar-refractivity contribution in [2.24, 2.45) is 0 Å². The molecule has 0 bridgehead atoms. The molecule has 4 aromatic rings. The first-order valence-electron chi connectivity index (χ1n) is 9.95. The first kappa shape index (κ1) is 19.9. The van der Waals surface area contributed by atoms with Gasteiger partial charge < -0.3 is 14.9 Å². The number of benzene rings is 2. The summed E-state index contributed by atoms with van der Waals surface area (Å²) >= 11 is 0. The van der Waals surface area contributed by atoms with E-state index in [-0.39, 0.29) is 11.1 Å². The molecule has 2 heterocycles. The van der Waals surface area contributed by atoms with Gasteiger partial charge in [0.1, 0.15) is 0 Å². The molecule has 4 rings (SSSR count). The highest BCUT2D eigenvalue weighted by Crippen LogP contribution is 2.31. The molecule has 0 aliphatic carbocycles. The first-order chi connectivity index (χ1) is 14.3. The number of aromatic amines is 2. The van der Waals surface area contributed by atoms with Crippen molar-refractivity contribution in [3.8, 4) is 0 Å². The van der Waals surface area contributed by atoms with Crippen LogP contribution in [0.25, 0.3) is 27.4 Å². The average Bonchev–Trinajstić information content (AvgIpc) is 2.70. The summed E-state index contributed by atoms with van der Waals surface area (Å²) in [5.74, 6) is 0. The number of likely N-dealkylation sites (N-methyl/N-ethyl adjacent to an activating group) is 1. The molecule has 152 valence electrons. The Morgan fingerprint density at radius 3 is 2.33 bits per heavy atom. The van der Waals surface area contributed by atoms with E-state index in [1.54, 1.807) is 0 Å². The predicted molar refractivity (Wildman–Crippen MR) is 124 cm³/mol. The highest BCUT2D eigenvalue weighted by atomic mass is 16.1. The minimum atomic E-state index is -0.0661. The highest BCUT2D eigenvalue weighted by Gasteiger charge is 2.12. The van der Waals surface area contributed by atoms with E-state index in [1.165, 1.54) is 0 Å². The average molecular weight is 399 g/mol. The van der Waals surface area contributed by atoms with Crippen molar-refractivity contribution in [3.63, 3.8) is 0 Å². The van der Waals surface area contributed by atoms with Crippen molar-refractivity contribution in [3.05, 3.63) is 97.6 Å². The van der Waals surface area contributed by atoms with Gasteiger partial charge in [-0.15, -0.1) is 0 Å². The minimum absolute atomic E-state index is 0.0629. The number of nitrogens with one attached hydrogen (secondary N) is 2. The third-order valence-electron chi connectivity index (χ3n) is 5.36. The lowest BCUT2D eigenvalue weighted by atomic mass is 9.92. The topological polar surface area (TPSA) is 69.0 Å². The van der Waals surface area contributed by atoms with E-state index in [1.807, 2.05) is 64.3 Å². The fourth-order valence-electron chi connectivity index (χ4n) is 3.71. The van der Waals surface area contributed by atoms with Gasteiger partial charge in [0.2, 0.25) is 0 Å². The van der Waals surface area contributed by atoms with Crippen LogP contribution < -0.4 is 11.1 Å². The lowest BCUT2D eigenvalue weighted by Crippen LogP contribution is -2.12. The van der Waals surface area contributed by atoms with Gasteiger partial charge >= 0.3 is 0 Å². The zero-order valence-electron chi connectivity index (χ0n) is 17.7. The summed E-state index contributed by atoms with van der Waals surface area (Å²) in [6.45, 7) is 4.42. The molecule has 0 saturated carbocycles. The van der Waals surface area contributed by atoms with Crippen LogP contribution in [0.2, 0.25) is 0 Å². The first-order valence-corrected chi connectivity index (χ1v) is 9.95. The van der Waals surface area contributed by atoms with Crippen LogP contribution in [-0.2, 0) is 0 Å². The minimum Gasteiger partial charge on any atom is -0.322 e. The summed E-state index contributed by atoms with van der Waals surface area (Å²) in [6, 6.07) is 16.0. The second-order valence-electron chi connectivity index (χ2n) is 8.01. The van der Waals surface area contributed by atoms with E-state index < -0.39 is 0 Å². The normalized spacial score (nSPS) is 12.2. The Hall–Kier alpha value is -3.44. The molecule has 0 unspecified atom stereocenters. The van der Waals surface area contributed by atoms with Gasteiger partial charge in [-0.05, 0) is 80.4 Å². The number of nitrogens with zero attached hydrogens (tertiary/aromatic N) is 1. The Balaban J connectivity index is 1.97. The number of pyridine rings is 2. The number of rotatable bonds is 4. The molecule has 0 fully saturated rings. The molecule has 5 nitrogen and oxygen atoms in total. The third kappa shape index (κ3) is 3.72. The monoisotopic (exact) mass is 399 g/mol.